The Morgan fingerprint density at radius 2 is 2.17 bits per heavy atom. The highest BCUT2D eigenvalue weighted by Gasteiger charge is 2.02. The maximum atomic E-state index is 13.1. The van der Waals surface area contributed by atoms with E-state index in [0.717, 1.165) is 24.4 Å². The second-order valence-electron chi connectivity index (χ2n) is 4.80. The molecule has 1 aromatic carbocycles. The van der Waals surface area contributed by atoms with Crippen molar-refractivity contribution in [2.24, 2.45) is 12.0 Å². The first kappa shape index (κ1) is 19.3. The molecule has 126 valence electrons. The average Bonchev–Trinajstić information content (AvgIpc) is 2.90. The molecule has 1 heterocycles. The fourth-order valence-corrected chi connectivity index (χ4v) is 1.97. The molecule has 0 amide bonds. The van der Waals surface area contributed by atoms with Gasteiger partial charge in [-0.3, -0.25) is 4.68 Å². The van der Waals surface area contributed by atoms with Gasteiger partial charge in [0.05, 0.1) is 0 Å². The van der Waals surface area contributed by atoms with Crippen LogP contribution in [0.25, 0.3) is 0 Å². The first-order chi connectivity index (χ1) is 10.7. The molecule has 2 aromatic rings. The fraction of sp³-hybridized carbons (Fsp3) is 0.400. The van der Waals surface area contributed by atoms with Crippen LogP contribution < -0.4 is 10.6 Å². The van der Waals surface area contributed by atoms with Crippen LogP contribution in [0.1, 0.15) is 18.3 Å². The summed E-state index contributed by atoms with van der Waals surface area (Å²) in [7, 11) is 1.84. The SMILES string of the molecule is CCNC(=NCc1ncnn1C)NCCc1cccc(F)c1.I. The van der Waals surface area contributed by atoms with Crippen LogP contribution in [0.2, 0.25) is 0 Å². The lowest BCUT2D eigenvalue weighted by atomic mass is 10.1. The lowest BCUT2D eigenvalue weighted by Gasteiger charge is -2.11. The minimum atomic E-state index is -0.208. The molecule has 0 saturated carbocycles. The van der Waals surface area contributed by atoms with Crippen LogP contribution in [0, 0.1) is 5.82 Å². The molecule has 0 aliphatic heterocycles. The smallest absolute Gasteiger partial charge is 0.191 e. The largest absolute Gasteiger partial charge is 0.357 e. The van der Waals surface area contributed by atoms with Crippen molar-refractivity contribution in [3.05, 3.63) is 47.8 Å². The normalized spacial score (nSPS) is 11.0. The average molecular weight is 432 g/mol. The number of nitrogens with zero attached hydrogens (tertiary/aromatic N) is 4. The molecule has 2 N–H and O–H groups in total. The van der Waals surface area contributed by atoms with Crippen LogP contribution in [0.15, 0.2) is 35.6 Å². The van der Waals surface area contributed by atoms with Crippen molar-refractivity contribution in [2.75, 3.05) is 13.1 Å². The third-order valence-electron chi connectivity index (χ3n) is 3.12. The van der Waals surface area contributed by atoms with Crippen molar-refractivity contribution in [2.45, 2.75) is 19.9 Å². The van der Waals surface area contributed by atoms with Gasteiger partial charge in [-0.05, 0) is 31.0 Å². The zero-order valence-corrected chi connectivity index (χ0v) is 15.6. The number of aliphatic imine (C=N–C) groups is 1. The molecule has 0 radical (unpaired) electrons. The number of benzene rings is 1. The lowest BCUT2D eigenvalue weighted by Crippen LogP contribution is -2.38. The first-order valence-corrected chi connectivity index (χ1v) is 7.28. The predicted octanol–water partition coefficient (Wildman–Crippen LogP) is 1.87. The zero-order chi connectivity index (χ0) is 15.8. The summed E-state index contributed by atoms with van der Waals surface area (Å²) >= 11 is 0. The van der Waals surface area contributed by atoms with E-state index in [1.165, 1.54) is 12.4 Å². The van der Waals surface area contributed by atoms with E-state index in [1.807, 2.05) is 20.0 Å². The molecule has 1 aromatic heterocycles. The fourth-order valence-electron chi connectivity index (χ4n) is 1.97. The molecule has 23 heavy (non-hydrogen) atoms. The van der Waals surface area contributed by atoms with Crippen molar-refractivity contribution >= 4 is 29.9 Å². The summed E-state index contributed by atoms with van der Waals surface area (Å²) in [5.74, 6) is 1.30. The van der Waals surface area contributed by atoms with E-state index in [2.05, 4.69) is 25.7 Å². The Balaban J connectivity index is 0.00000264. The summed E-state index contributed by atoms with van der Waals surface area (Å²) in [6, 6.07) is 6.63. The van der Waals surface area contributed by atoms with Gasteiger partial charge in [-0.2, -0.15) is 5.10 Å². The first-order valence-electron chi connectivity index (χ1n) is 7.28. The van der Waals surface area contributed by atoms with Gasteiger partial charge in [-0.1, -0.05) is 12.1 Å². The van der Waals surface area contributed by atoms with Gasteiger partial charge < -0.3 is 10.6 Å². The molecule has 8 heteroatoms. The number of hydrogen-bond acceptors (Lipinski definition) is 3. The van der Waals surface area contributed by atoms with E-state index in [1.54, 1.807) is 16.8 Å². The van der Waals surface area contributed by atoms with Crippen LogP contribution in [0.4, 0.5) is 4.39 Å². The lowest BCUT2D eigenvalue weighted by molar-refractivity contribution is 0.625. The van der Waals surface area contributed by atoms with Gasteiger partial charge in [0.15, 0.2) is 5.96 Å². The molecular formula is C15H22FIN6. The Bertz CT molecular complexity index is 628. The maximum Gasteiger partial charge on any atom is 0.191 e. The molecule has 0 aliphatic rings. The van der Waals surface area contributed by atoms with E-state index >= 15 is 0 Å². The van der Waals surface area contributed by atoms with Crippen LogP contribution in [-0.2, 0) is 20.0 Å². The van der Waals surface area contributed by atoms with Gasteiger partial charge >= 0.3 is 0 Å². The van der Waals surface area contributed by atoms with Crippen LogP contribution in [0.3, 0.4) is 0 Å². The van der Waals surface area contributed by atoms with Gasteiger partial charge in [-0.25, -0.2) is 14.4 Å². The number of hydrogen-bond donors (Lipinski definition) is 2. The molecular weight excluding hydrogens is 410 g/mol. The highest BCUT2D eigenvalue weighted by atomic mass is 127. The monoisotopic (exact) mass is 432 g/mol. The molecule has 2 rings (SSSR count). The summed E-state index contributed by atoms with van der Waals surface area (Å²) < 4.78 is 14.8. The van der Waals surface area contributed by atoms with E-state index in [4.69, 9.17) is 0 Å². The van der Waals surface area contributed by atoms with E-state index in [0.29, 0.717) is 19.0 Å². The number of halogens is 2. The third-order valence-corrected chi connectivity index (χ3v) is 3.12. The van der Waals surface area contributed by atoms with E-state index in [9.17, 15) is 4.39 Å². The van der Waals surface area contributed by atoms with Crippen LogP contribution in [-0.4, -0.2) is 33.8 Å². The Morgan fingerprint density at radius 3 is 2.83 bits per heavy atom. The topological polar surface area (TPSA) is 67.1 Å². The Labute approximate surface area is 152 Å². The Kier molecular flexibility index (Phi) is 8.52. The van der Waals surface area contributed by atoms with Gasteiger partial charge in [0.25, 0.3) is 0 Å². The molecule has 0 saturated heterocycles. The molecule has 0 aliphatic carbocycles. The summed E-state index contributed by atoms with van der Waals surface area (Å²) in [6.07, 6.45) is 2.24. The van der Waals surface area contributed by atoms with Crippen molar-refractivity contribution in [3.63, 3.8) is 0 Å². The second-order valence-corrected chi connectivity index (χ2v) is 4.80. The van der Waals surface area contributed by atoms with Gasteiger partial charge in [0, 0.05) is 20.1 Å². The number of nitrogens with one attached hydrogen (secondary N) is 2. The number of aromatic nitrogens is 3. The highest BCUT2D eigenvalue weighted by molar-refractivity contribution is 14.0. The van der Waals surface area contributed by atoms with Crippen LogP contribution in [0.5, 0.6) is 0 Å². The second kappa shape index (κ2) is 10.1. The van der Waals surface area contributed by atoms with E-state index < -0.39 is 0 Å². The molecule has 0 atom stereocenters. The minimum Gasteiger partial charge on any atom is -0.357 e. The van der Waals surface area contributed by atoms with Crippen molar-refractivity contribution in [1.82, 2.24) is 25.4 Å². The molecule has 0 fully saturated rings. The van der Waals surface area contributed by atoms with Gasteiger partial charge in [0.2, 0.25) is 0 Å². The highest BCUT2D eigenvalue weighted by Crippen LogP contribution is 2.03. The maximum absolute atomic E-state index is 13.1. The summed E-state index contributed by atoms with van der Waals surface area (Å²) in [5, 5.41) is 10.4. The quantitative estimate of drug-likeness (QED) is 0.416. The Hall–Kier alpha value is -1.71. The molecule has 0 bridgehead atoms. The van der Waals surface area contributed by atoms with Gasteiger partial charge in [0.1, 0.15) is 24.5 Å². The van der Waals surface area contributed by atoms with Crippen LogP contribution >= 0.6 is 24.0 Å². The predicted molar refractivity (Wildman–Crippen MR) is 99.3 cm³/mol. The number of guanidine groups is 1. The molecule has 6 nitrogen and oxygen atoms in total. The summed E-state index contributed by atoms with van der Waals surface area (Å²) in [4.78, 5) is 8.60. The Morgan fingerprint density at radius 1 is 1.35 bits per heavy atom. The zero-order valence-electron chi connectivity index (χ0n) is 13.3. The molecule has 0 unspecified atom stereocenters. The standard InChI is InChI=1S/C15H21FN6.HI/c1-3-17-15(19-10-14-20-11-21-22(14)2)18-8-7-12-5-4-6-13(16)9-12;/h4-6,9,11H,3,7-8,10H2,1-2H3,(H2,17,18,19);1H. The third kappa shape index (κ3) is 6.51. The van der Waals surface area contributed by atoms with Crippen molar-refractivity contribution in [1.29, 1.82) is 0 Å². The van der Waals surface area contributed by atoms with Crippen molar-refractivity contribution in [3.8, 4) is 0 Å². The summed E-state index contributed by atoms with van der Waals surface area (Å²) in [6.45, 7) is 3.90. The van der Waals surface area contributed by atoms with Gasteiger partial charge in [-0.15, -0.1) is 24.0 Å². The molecule has 0 spiro atoms. The summed E-state index contributed by atoms with van der Waals surface area (Å²) in [5.41, 5.74) is 0.955. The minimum absolute atomic E-state index is 0. The van der Waals surface area contributed by atoms with E-state index in [-0.39, 0.29) is 29.8 Å². The number of rotatable bonds is 6. The number of aryl methyl sites for hydroxylation is 1. The van der Waals surface area contributed by atoms with Crippen molar-refractivity contribution < 1.29 is 4.39 Å².